The third-order valence-corrected chi connectivity index (χ3v) is 6.82. The predicted octanol–water partition coefficient (Wildman–Crippen LogP) is 3.13. The second kappa shape index (κ2) is 7.19. The summed E-state index contributed by atoms with van der Waals surface area (Å²) in [5.41, 5.74) is 2.52. The third kappa shape index (κ3) is 3.21. The van der Waals surface area contributed by atoms with Gasteiger partial charge in [0.05, 0.1) is 24.5 Å². The van der Waals surface area contributed by atoms with Crippen molar-refractivity contribution >= 4 is 5.95 Å². The Labute approximate surface area is 183 Å². The molecule has 3 aromatic rings. The van der Waals surface area contributed by atoms with Crippen LogP contribution in [0.25, 0.3) is 22.4 Å². The van der Waals surface area contributed by atoms with Crippen molar-refractivity contribution in [2.75, 3.05) is 4.90 Å². The Morgan fingerprint density at radius 3 is 2.62 bits per heavy atom. The number of phenols is 1. The van der Waals surface area contributed by atoms with Crippen molar-refractivity contribution in [3.8, 4) is 28.1 Å². The van der Waals surface area contributed by atoms with Gasteiger partial charge in [-0.05, 0) is 49.8 Å². The van der Waals surface area contributed by atoms with Gasteiger partial charge in [-0.25, -0.2) is 13.8 Å². The molecule has 0 unspecified atom stereocenters. The summed E-state index contributed by atoms with van der Waals surface area (Å²) in [5.74, 6) is -2.58. The number of H-pyrrole nitrogens is 1. The first-order chi connectivity index (χ1) is 15.5. The Morgan fingerprint density at radius 1 is 1.06 bits per heavy atom. The predicted molar refractivity (Wildman–Crippen MR) is 113 cm³/mol. The van der Waals surface area contributed by atoms with E-state index >= 15 is 8.78 Å². The van der Waals surface area contributed by atoms with Crippen molar-refractivity contribution < 1.29 is 13.9 Å². The van der Waals surface area contributed by atoms with E-state index in [1.54, 1.807) is 29.4 Å². The van der Waals surface area contributed by atoms with Crippen molar-refractivity contribution in [3.63, 3.8) is 0 Å². The molecule has 0 spiro atoms. The highest BCUT2D eigenvalue weighted by Crippen LogP contribution is 2.45. The molecule has 2 aromatic heterocycles. The van der Waals surface area contributed by atoms with Crippen LogP contribution in [0.5, 0.6) is 5.75 Å². The van der Waals surface area contributed by atoms with Crippen molar-refractivity contribution in [2.24, 2.45) is 0 Å². The smallest absolute Gasteiger partial charge is 0.283 e. The zero-order chi connectivity index (χ0) is 21.9. The molecule has 3 fully saturated rings. The average Bonchev–Trinajstić information content (AvgIpc) is 3.29. The van der Waals surface area contributed by atoms with Gasteiger partial charge in [0, 0.05) is 29.4 Å². The summed E-state index contributed by atoms with van der Waals surface area (Å²) < 4.78 is 30.4. The maximum absolute atomic E-state index is 15.2. The minimum atomic E-state index is -2.85. The van der Waals surface area contributed by atoms with E-state index in [1.165, 1.54) is 6.20 Å². The molecular weight excluding hydrogens is 416 g/mol. The molecule has 1 aromatic carbocycles. The monoisotopic (exact) mass is 439 g/mol. The molecule has 2 bridgehead atoms. The Hall–Kier alpha value is -3.14. The Bertz CT molecular complexity index is 1120. The van der Waals surface area contributed by atoms with E-state index in [4.69, 9.17) is 0 Å². The fraction of sp³-hybridized carbons (Fsp3) is 0.455. The number of nitrogens with one attached hydrogen (secondary N) is 2. The van der Waals surface area contributed by atoms with E-state index in [1.807, 2.05) is 6.07 Å². The fourth-order valence-electron chi connectivity index (χ4n) is 5.02. The van der Waals surface area contributed by atoms with E-state index in [2.05, 4.69) is 30.7 Å². The van der Waals surface area contributed by atoms with Crippen molar-refractivity contribution in [2.45, 2.75) is 62.2 Å². The van der Waals surface area contributed by atoms with E-state index in [-0.39, 0.29) is 23.8 Å². The summed E-state index contributed by atoms with van der Waals surface area (Å²) in [4.78, 5) is 6.11. The first kappa shape index (κ1) is 19.5. The molecule has 32 heavy (non-hydrogen) atoms. The van der Waals surface area contributed by atoms with Gasteiger partial charge >= 0.3 is 0 Å². The van der Waals surface area contributed by atoms with Crippen LogP contribution in [0.15, 0.2) is 36.8 Å². The number of hydrogen-bond acceptors (Lipinski definition) is 7. The maximum Gasteiger partial charge on any atom is 0.283 e. The molecule has 166 valence electrons. The van der Waals surface area contributed by atoms with Gasteiger partial charge in [-0.1, -0.05) is 6.07 Å². The van der Waals surface area contributed by atoms with Gasteiger partial charge in [-0.3, -0.25) is 5.10 Å². The number of phenolic OH excluding ortho intramolecular Hbond substituents is 1. The number of hydrogen-bond donors (Lipinski definition) is 3. The number of fused-ring (bicyclic) bond motifs is 2. The summed E-state index contributed by atoms with van der Waals surface area (Å²) in [6, 6.07) is 3.63. The number of aromatic nitrogens is 5. The minimum absolute atomic E-state index is 0.0265. The Kier molecular flexibility index (Phi) is 4.39. The molecule has 2 saturated heterocycles. The quantitative estimate of drug-likeness (QED) is 0.561. The van der Waals surface area contributed by atoms with E-state index in [0.717, 1.165) is 30.4 Å². The molecule has 3 N–H and O–H groups in total. The van der Waals surface area contributed by atoms with Crippen LogP contribution >= 0.6 is 0 Å². The SMILES string of the molecule is Oc1cc(-c2cn[nH]c2)ccc1-c1cnc(N(C2CC2)[C@H]2C[C@@H]3CC[C@H](N3)C2(F)F)nn1. The van der Waals surface area contributed by atoms with E-state index in [0.29, 0.717) is 24.1 Å². The summed E-state index contributed by atoms with van der Waals surface area (Å²) in [5, 5.41) is 28.7. The number of alkyl halides is 2. The van der Waals surface area contributed by atoms with Gasteiger partial charge in [0.25, 0.3) is 5.92 Å². The lowest BCUT2D eigenvalue weighted by molar-refractivity contribution is -0.0745. The fourth-order valence-corrected chi connectivity index (χ4v) is 5.02. The van der Waals surface area contributed by atoms with Crippen LogP contribution in [0.3, 0.4) is 0 Å². The second-order valence-electron chi connectivity index (χ2n) is 8.92. The molecule has 8 nitrogen and oxygen atoms in total. The maximum atomic E-state index is 15.2. The first-order valence-electron chi connectivity index (χ1n) is 10.9. The van der Waals surface area contributed by atoms with Crippen LogP contribution < -0.4 is 10.2 Å². The van der Waals surface area contributed by atoms with E-state index in [9.17, 15) is 5.11 Å². The summed E-state index contributed by atoms with van der Waals surface area (Å²) in [6.07, 6.45) is 8.27. The van der Waals surface area contributed by atoms with Crippen LogP contribution in [0.1, 0.15) is 32.1 Å². The topological polar surface area (TPSA) is 103 Å². The van der Waals surface area contributed by atoms with Crippen molar-refractivity contribution in [3.05, 3.63) is 36.8 Å². The zero-order valence-electron chi connectivity index (χ0n) is 17.2. The summed E-state index contributed by atoms with van der Waals surface area (Å²) >= 11 is 0. The lowest BCUT2D eigenvalue weighted by atomic mass is 9.93. The number of benzene rings is 1. The van der Waals surface area contributed by atoms with Gasteiger partial charge in [-0.15, -0.1) is 10.2 Å². The van der Waals surface area contributed by atoms with Crippen LogP contribution in [0.4, 0.5) is 14.7 Å². The van der Waals surface area contributed by atoms with Crippen molar-refractivity contribution in [1.82, 2.24) is 30.7 Å². The standard InChI is InChI=1S/C22H23F2N7O/c23-22(24)19-6-2-14(28-19)8-20(22)31(15-3-4-15)21-25-11-17(29-30-21)16-5-1-12(7-18(16)32)13-9-26-27-10-13/h1,5,7,9-11,14-15,19-20,28,32H,2-4,6,8H2,(H,26,27)/t14-,19-,20-/m0/s1. The lowest BCUT2D eigenvalue weighted by Crippen LogP contribution is -2.63. The number of aromatic amines is 1. The third-order valence-electron chi connectivity index (χ3n) is 6.82. The van der Waals surface area contributed by atoms with Gasteiger partial charge in [0.15, 0.2) is 0 Å². The molecule has 6 rings (SSSR count). The van der Waals surface area contributed by atoms with Crippen LogP contribution in [-0.2, 0) is 0 Å². The number of halogens is 2. The molecule has 0 amide bonds. The van der Waals surface area contributed by atoms with Crippen LogP contribution in [0.2, 0.25) is 0 Å². The number of nitrogens with zero attached hydrogens (tertiary/aromatic N) is 5. The normalized spacial score (nSPS) is 26.2. The highest BCUT2D eigenvalue weighted by molar-refractivity contribution is 5.73. The number of aromatic hydroxyl groups is 1. The van der Waals surface area contributed by atoms with Gasteiger partial charge in [0.1, 0.15) is 11.4 Å². The molecule has 4 heterocycles. The van der Waals surface area contributed by atoms with Crippen LogP contribution in [-0.4, -0.2) is 60.6 Å². The largest absolute Gasteiger partial charge is 0.507 e. The zero-order valence-corrected chi connectivity index (χ0v) is 17.2. The molecule has 2 aliphatic heterocycles. The second-order valence-corrected chi connectivity index (χ2v) is 8.92. The summed E-state index contributed by atoms with van der Waals surface area (Å²) in [6.45, 7) is 0. The van der Waals surface area contributed by atoms with Crippen molar-refractivity contribution in [1.29, 1.82) is 0 Å². The first-order valence-corrected chi connectivity index (χ1v) is 10.9. The molecular formula is C22H23F2N7O. The average molecular weight is 439 g/mol. The molecule has 0 radical (unpaired) electrons. The molecule has 3 aliphatic rings. The minimum Gasteiger partial charge on any atom is -0.507 e. The molecule has 3 atom stereocenters. The van der Waals surface area contributed by atoms with Gasteiger partial charge < -0.3 is 15.3 Å². The molecule has 10 heteroatoms. The number of anilines is 1. The Balaban J connectivity index is 1.29. The molecule has 1 saturated carbocycles. The van der Waals surface area contributed by atoms with E-state index < -0.39 is 18.0 Å². The highest BCUT2D eigenvalue weighted by atomic mass is 19.3. The number of piperidine rings is 1. The molecule has 1 aliphatic carbocycles. The van der Waals surface area contributed by atoms with Gasteiger partial charge in [0.2, 0.25) is 5.95 Å². The Morgan fingerprint density at radius 2 is 1.94 bits per heavy atom. The highest BCUT2D eigenvalue weighted by Gasteiger charge is 2.58. The van der Waals surface area contributed by atoms with Crippen LogP contribution in [0, 0.1) is 0 Å². The lowest BCUT2D eigenvalue weighted by Gasteiger charge is -2.43. The van der Waals surface area contributed by atoms with Gasteiger partial charge in [-0.2, -0.15) is 5.10 Å². The number of rotatable bonds is 5. The summed E-state index contributed by atoms with van der Waals surface area (Å²) in [7, 11) is 0.